The van der Waals surface area contributed by atoms with E-state index in [1.807, 2.05) is 30.5 Å². The predicted molar refractivity (Wildman–Crippen MR) is 106 cm³/mol. The number of carbonyl (C=O) groups is 2. The fourth-order valence-corrected chi connectivity index (χ4v) is 3.79. The van der Waals surface area contributed by atoms with E-state index in [1.54, 1.807) is 12.1 Å². The van der Waals surface area contributed by atoms with Gasteiger partial charge in [0.05, 0.1) is 5.56 Å². The van der Waals surface area contributed by atoms with Crippen LogP contribution in [0.25, 0.3) is 0 Å². The molecule has 1 amide bonds. The Morgan fingerprint density at radius 3 is 2.64 bits per heavy atom. The van der Waals surface area contributed by atoms with Crippen molar-refractivity contribution in [3.63, 3.8) is 0 Å². The zero-order valence-corrected chi connectivity index (χ0v) is 15.9. The minimum atomic E-state index is -0.785. The molecule has 28 heavy (non-hydrogen) atoms. The van der Waals surface area contributed by atoms with Crippen LogP contribution in [0.4, 0.5) is 5.82 Å². The molecule has 2 aromatic rings. The topological polar surface area (TPSA) is 71.5 Å². The third kappa shape index (κ3) is 4.16. The number of hydrogen-bond acceptors (Lipinski definition) is 5. The summed E-state index contributed by atoms with van der Waals surface area (Å²) < 4.78 is 5.30. The number of rotatable bonds is 4. The number of benzene rings is 1. The van der Waals surface area contributed by atoms with Crippen LogP contribution in [0.2, 0.25) is 0 Å². The lowest BCUT2D eigenvalue weighted by atomic mass is 9.98. The standard InChI is InChI=1S/C22H25N3O3/c26-21(19-13-17-7-3-4-8-18(17)22(27)28-19)24-15-16-9-10-20(23-14-16)25-11-5-1-2-6-12-25/h3-4,7-10,14,19H,1-2,5-6,11-13,15H2,(H,24,26)/t19-/m0/s1. The number of aromatic nitrogens is 1. The Kier molecular flexibility index (Phi) is 5.55. The Morgan fingerprint density at radius 2 is 1.89 bits per heavy atom. The third-order valence-electron chi connectivity index (χ3n) is 5.39. The normalized spacial score (nSPS) is 19.4. The lowest BCUT2D eigenvalue weighted by Crippen LogP contribution is -2.41. The van der Waals surface area contributed by atoms with Gasteiger partial charge in [0.1, 0.15) is 5.82 Å². The van der Waals surface area contributed by atoms with Crippen molar-refractivity contribution in [2.75, 3.05) is 18.0 Å². The van der Waals surface area contributed by atoms with Gasteiger partial charge in [-0.1, -0.05) is 37.1 Å². The van der Waals surface area contributed by atoms with Gasteiger partial charge in [-0.15, -0.1) is 0 Å². The highest BCUT2D eigenvalue weighted by Crippen LogP contribution is 2.21. The number of pyridine rings is 1. The summed E-state index contributed by atoms with van der Waals surface area (Å²) >= 11 is 0. The van der Waals surface area contributed by atoms with Gasteiger partial charge in [-0.05, 0) is 36.1 Å². The van der Waals surface area contributed by atoms with E-state index in [0.717, 1.165) is 30.0 Å². The van der Waals surface area contributed by atoms with E-state index >= 15 is 0 Å². The van der Waals surface area contributed by atoms with Gasteiger partial charge in [-0.3, -0.25) is 4.79 Å². The van der Waals surface area contributed by atoms with E-state index in [2.05, 4.69) is 15.2 Å². The minimum Gasteiger partial charge on any atom is -0.448 e. The van der Waals surface area contributed by atoms with Crippen molar-refractivity contribution < 1.29 is 14.3 Å². The fraction of sp³-hybridized carbons (Fsp3) is 0.409. The number of esters is 1. The molecule has 1 saturated heterocycles. The van der Waals surface area contributed by atoms with Gasteiger partial charge in [-0.25, -0.2) is 9.78 Å². The second kappa shape index (κ2) is 8.42. The first kappa shape index (κ1) is 18.5. The van der Waals surface area contributed by atoms with Crippen molar-refractivity contribution >= 4 is 17.7 Å². The first-order chi connectivity index (χ1) is 13.7. The smallest absolute Gasteiger partial charge is 0.339 e. The highest BCUT2D eigenvalue weighted by Gasteiger charge is 2.30. The predicted octanol–water partition coefficient (Wildman–Crippen LogP) is 2.86. The van der Waals surface area contributed by atoms with Crippen molar-refractivity contribution in [3.05, 3.63) is 59.3 Å². The van der Waals surface area contributed by atoms with E-state index in [1.165, 1.54) is 25.7 Å². The van der Waals surface area contributed by atoms with Gasteiger partial charge in [0.2, 0.25) is 0 Å². The summed E-state index contributed by atoms with van der Waals surface area (Å²) in [6.07, 6.45) is 6.42. The highest BCUT2D eigenvalue weighted by atomic mass is 16.5. The zero-order chi connectivity index (χ0) is 19.3. The van der Waals surface area contributed by atoms with Gasteiger partial charge in [0.15, 0.2) is 6.10 Å². The van der Waals surface area contributed by atoms with Crippen molar-refractivity contribution in [1.82, 2.24) is 10.3 Å². The summed E-state index contributed by atoms with van der Waals surface area (Å²) in [7, 11) is 0. The molecule has 1 fully saturated rings. The number of fused-ring (bicyclic) bond motifs is 1. The molecule has 146 valence electrons. The monoisotopic (exact) mass is 379 g/mol. The summed E-state index contributed by atoms with van der Waals surface area (Å²) in [5.74, 6) is 0.278. The molecule has 0 saturated carbocycles. The lowest BCUT2D eigenvalue weighted by Gasteiger charge is -2.24. The average Bonchev–Trinajstić information content (AvgIpc) is 3.02. The van der Waals surface area contributed by atoms with Crippen molar-refractivity contribution in [2.24, 2.45) is 0 Å². The molecular weight excluding hydrogens is 354 g/mol. The molecule has 1 aromatic heterocycles. The van der Waals surface area contributed by atoms with Crippen LogP contribution in [-0.2, 0) is 22.5 Å². The second-order valence-electron chi connectivity index (χ2n) is 7.40. The number of nitrogens with zero attached hydrogens (tertiary/aromatic N) is 2. The average molecular weight is 379 g/mol. The van der Waals surface area contributed by atoms with Crippen LogP contribution in [0, 0.1) is 0 Å². The molecule has 2 aliphatic heterocycles. The molecular formula is C22H25N3O3. The number of cyclic esters (lactones) is 1. The Bertz CT molecular complexity index is 842. The maximum atomic E-state index is 12.5. The van der Waals surface area contributed by atoms with E-state index in [0.29, 0.717) is 18.5 Å². The van der Waals surface area contributed by atoms with Gasteiger partial charge >= 0.3 is 5.97 Å². The third-order valence-corrected chi connectivity index (χ3v) is 5.39. The van der Waals surface area contributed by atoms with E-state index in [-0.39, 0.29) is 5.91 Å². The Balaban J connectivity index is 1.33. The molecule has 0 unspecified atom stereocenters. The molecule has 1 aromatic carbocycles. The first-order valence-electron chi connectivity index (χ1n) is 9.97. The quantitative estimate of drug-likeness (QED) is 0.827. The van der Waals surface area contributed by atoms with E-state index in [4.69, 9.17) is 4.74 Å². The molecule has 6 nitrogen and oxygen atoms in total. The van der Waals surface area contributed by atoms with Crippen LogP contribution < -0.4 is 10.2 Å². The van der Waals surface area contributed by atoms with Crippen molar-refractivity contribution in [2.45, 2.75) is 44.8 Å². The zero-order valence-electron chi connectivity index (χ0n) is 15.9. The van der Waals surface area contributed by atoms with Gasteiger partial charge in [0, 0.05) is 32.3 Å². The molecule has 4 rings (SSSR count). The lowest BCUT2D eigenvalue weighted by molar-refractivity contribution is -0.130. The summed E-state index contributed by atoms with van der Waals surface area (Å²) in [4.78, 5) is 31.4. The molecule has 0 radical (unpaired) electrons. The van der Waals surface area contributed by atoms with Crippen LogP contribution in [0.3, 0.4) is 0 Å². The number of carbonyl (C=O) groups excluding carboxylic acids is 2. The SMILES string of the molecule is O=C1O[C@H](C(=O)NCc2ccc(N3CCCCCC3)nc2)Cc2ccccc21. The minimum absolute atomic E-state index is 0.278. The Hall–Kier alpha value is -2.89. The maximum Gasteiger partial charge on any atom is 0.339 e. The molecule has 0 aliphatic carbocycles. The number of anilines is 1. The van der Waals surface area contributed by atoms with Crippen LogP contribution >= 0.6 is 0 Å². The van der Waals surface area contributed by atoms with Gasteiger partial charge in [-0.2, -0.15) is 0 Å². The largest absolute Gasteiger partial charge is 0.448 e. The molecule has 1 atom stereocenters. The van der Waals surface area contributed by atoms with E-state index < -0.39 is 12.1 Å². The summed E-state index contributed by atoms with van der Waals surface area (Å²) in [6, 6.07) is 11.3. The Labute approximate surface area is 164 Å². The highest BCUT2D eigenvalue weighted by molar-refractivity contribution is 5.95. The molecule has 6 heteroatoms. The van der Waals surface area contributed by atoms with Gasteiger partial charge < -0.3 is 15.0 Å². The molecule has 0 spiro atoms. The molecule has 2 aliphatic rings. The number of amides is 1. The fourth-order valence-electron chi connectivity index (χ4n) is 3.79. The van der Waals surface area contributed by atoms with Gasteiger partial charge in [0.25, 0.3) is 5.91 Å². The molecule has 0 bridgehead atoms. The molecule has 3 heterocycles. The number of ether oxygens (including phenoxy) is 1. The summed E-state index contributed by atoms with van der Waals surface area (Å²) in [5, 5.41) is 2.86. The number of nitrogens with one attached hydrogen (secondary N) is 1. The van der Waals surface area contributed by atoms with Crippen LogP contribution in [-0.4, -0.2) is 36.1 Å². The van der Waals surface area contributed by atoms with Crippen LogP contribution in [0.5, 0.6) is 0 Å². The first-order valence-corrected chi connectivity index (χ1v) is 9.97. The molecule has 1 N–H and O–H groups in total. The van der Waals surface area contributed by atoms with Crippen LogP contribution in [0.1, 0.15) is 47.2 Å². The Morgan fingerprint density at radius 1 is 1.11 bits per heavy atom. The van der Waals surface area contributed by atoms with Crippen molar-refractivity contribution in [1.29, 1.82) is 0 Å². The summed E-state index contributed by atoms with van der Waals surface area (Å²) in [5.41, 5.74) is 2.32. The summed E-state index contributed by atoms with van der Waals surface area (Å²) in [6.45, 7) is 2.47. The van der Waals surface area contributed by atoms with Crippen molar-refractivity contribution in [3.8, 4) is 0 Å². The van der Waals surface area contributed by atoms with E-state index in [9.17, 15) is 9.59 Å². The van der Waals surface area contributed by atoms with Crippen LogP contribution in [0.15, 0.2) is 42.6 Å². The maximum absolute atomic E-state index is 12.5. The second-order valence-corrected chi connectivity index (χ2v) is 7.40. The number of hydrogen-bond donors (Lipinski definition) is 1.